The number of hydrogen-bond donors (Lipinski definition) is 2. The summed E-state index contributed by atoms with van der Waals surface area (Å²) in [6.45, 7) is 1.41. The summed E-state index contributed by atoms with van der Waals surface area (Å²) < 4.78 is 56.0. The first-order valence-electron chi connectivity index (χ1n) is 9.35. The van der Waals surface area contributed by atoms with Crippen LogP contribution in [0.4, 0.5) is 24.5 Å². The number of methoxy groups -OCH3 is 2. The monoisotopic (exact) mass is 443 g/mol. The number of carboxylic acid groups (broad SMARTS) is 1. The standard InChI is InChI=1S/C20H24F3N3O5/c1-4-31-18(20(21,22)23)15-6-5-12(13(11-29-2)8-17(27)28)7-16(15)26-14-9-24-19(30-3)25-10-14/h5-7,9-10,13,18,26H,4,8,11H2,1-3H3,(H,27,28)/t13?,18-/m1/s1. The number of carbonyl (C=O) groups is 1. The summed E-state index contributed by atoms with van der Waals surface area (Å²) in [7, 11) is 2.81. The Morgan fingerprint density at radius 3 is 2.42 bits per heavy atom. The van der Waals surface area contributed by atoms with Gasteiger partial charge in [0.1, 0.15) is 0 Å². The zero-order valence-corrected chi connectivity index (χ0v) is 17.3. The molecule has 0 saturated heterocycles. The lowest BCUT2D eigenvalue weighted by Gasteiger charge is -2.25. The Bertz CT molecular complexity index is 862. The van der Waals surface area contributed by atoms with E-state index in [0.29, 0.717) is 11.3 Å². The van der Waals surface area contributed by atoms with Crippen molar-refractivity contribution in [3.8, 4) is 6.01 Å². The molecule has 1 heterocycles. The molecule has 0 aliphatic heterocycles. The second-order valence-electron chi connectivity index (χ2n) is 6.56. The molecule has 0 aliphatic rings. The molecule has 0 fully saturated rings. The SMILES string of the molecule is CCO[C@H](c1ccc(C(COC)CC(=O)O)cc1Nc1cnc(OC)nc1)C(F)(F)F. The molecule has 0 spiro atoms. The summed E-state index contributed by atoms with van der Waals surface area (Å²) in [6.07, 6.45) is -4.36. The number of nitrogens with one attached hydrogen (secondary N) is 1. The van der Waals surface area contributed by atoms with E-state index in [1.54, 1.807) is 0 Å². The zero-order valence-electron chi connectivity index (χ0n) is 17.3. The van der Waals surface area contributed by atoms with Gasteiger partial charge in [-0.05, 0) is 18.6 Å². The molecule has 0 radical (unpaired) electrons. The van der Waals surface area contributed by atoms with E-state index in [4.69, 9.17) is 14.2 Å². The third-order valence-electron chi connectivity index (χ3n) is 4.34. The molecule has 1 aromatic carbocycles. The number of anilines is 2. The molecule has 31 heavy (non-hydrogen) atoms. The van der Waals surface area contributed by atoms with Crippen molar-refractivity contribution in [2.24, 2.45) is 0 Å². The van der Waals surface area contributed by atoms with E-state index < -0.39 is 24.2 Å². The lowest BCUT2D eigenvalue weighted by atomic mass is 9.93. The Labute approximate surface area is 177 Å². The molecular formula is C20H24F3N3O5. The highest BCUT2D eigenvalue weighted by atomic mass is 19.4. The highest BCUT2D eigenvalue weighted by Gasteiger charge is 2.43. The van der Waals surface area contributed by atoms with Crippen molar-refractivity contribution in [1.29, 1.82) is 0 Å². The Kier molecular flexibility index (Phi) is 8.57. The van der Waals surface area contributed by atoms with Crippen molar-refractivity contribution in [3.63, 3.8) is 0 Å². The number of hydrogen-bond acceptors (Lipinski definition) is 7. The number of ether oxygens (including phenoxy) is 3. The molecular weight excluding hydrogens is 419 g/mol. The topological polar surface area (TPSA) is 103 Å². The number of benzene rings is 1. The summed E-state index contributed by atoms with van der Waals surface area (Å²) in [5.41, 5.74) is 0.759. The number of rotatable bonds is 11. The molecule has 1 unspecified atom stereocenters. The van der Waals surface area contributed by atoms with Crippen LogP contribution in [-0.2, 0) is 14.3 Å². The predicted molar refractivity (Wildman–Crippen MR) is 106 cm³/mol. The average Bonchev–Trinajstić information content (AvgIpc) is 2.71. The molecule has 2 rings (SSSR count). The van der Waals surface area contributed by atoms with Gasteiger partial charge in [0.25, 0.3) is 0 Å². The minimum atomic E-state index is -4.66. The van der Waals surface area contributed by atoms with E-state index in [1.807, 2.05) is 0 Å². The highest BCUT2D eigenvalue weighted by Crippen LogP contribution is 2.41. The van der Waals surface area contributed by atoms with Crippen LogP contribution in [0, 0.1) is 0 Å². The number of aromatic nitrogens is 2. The molecule has 2 atom stereocenters. The lowest BCUT2D eigenvalue weighted by Crippen LogP contribution is -2.24. The summed E-state index contributed by atoms with van der Waals surface area (Å²) >= 11 is 0. The Balaban J connectivity index is 2.53. The van der Waals surface area contributed by atoms with E-state index in [0.717, 1.165) is 0 Å². The highest BCUT2D eigenvalue weighted by molar-refractivity contribution is 5.69. The molecule has 2 N–H and O–H groups in total. The third-order valence-corrected chi connectivity index (χ3v) is 4.34. The van der Waals surface area contributed by atoms with Crippen LogP contribution in [0.1, 0.15) is 36.5 Å². The summed E-state index contributed by atoms with van der Waals surface area (Å²) in [5, 5.41) is 12.1. The fraction of sp³-hybridized carbons (Fsp3) is 0.450. The second-order valence-corrected chi connectivity index (χ2v) is 6.56. The van der Waals surface area contributed by atoms with Crippen LogP contribution in [0.25, 0.3) is 0 Å². The fourth-order valence-electron chi connectivity index (χ4n) is 3.02. The summed E-state index contributed by atoms with van der Waals surface area (Å²) in [4.78, 5) is 19.1. The number of aliphatic carboxylic acids is 1. The van der Waals surface area contributed by atoms with Crippen molar-refractivity contribution < 1.29 is 37.3 Å². The Morgan fingerprint density at radius 1 is 1.23 bits per heavy atom. The minimum Gasteiger partial charge on any atom is -0.481 e. The van der Waals surface area contributed by atoms with Gasteiger partial charge in [0, 0.05) is 30.9 Å². The molecule has 1 aromatic heterocycles. The molecule has 0 amide bonds. The van der Waals surface area contributed by atoms with Crippen LogP contribution in [0.3, 0.4) is 0 Å². The number of carboxylic acids is 1. The normalized spacial score (nSPS) is 13.5. The van der Waals surface area contributed by atoms with Gasteiger partial charge in [-0.3, -0.25) is 4.79 Å². The van der Waals surface area contributed by atoms with E-state index in [2.05, 4.69) is 15.3 Å². The Hall–Kier alpha value is -2.92. The van der Waals surface area contributed by atoms with Gasteiger partial charge in [-0.1, -0.05) is 12.1 Å². The fourth-order valence-corrected chi connectivity index (χ4v) is 3.02. The third kappa shape index (κ3) is 6.79. The molecule has 170 valence electrons. The van der Waals surface area contributed by atoms with E-state index in [9.17, 15) is 23.1 Å². The average molecular weight is 443 g/mol. The largest absolute Gasteiger partial charge is 0.481 e. The van der Waals surface area contributed by atoms with Gasteiger partial charge in [0.2, 0.25) is 0 Å². The van der Waals surface area contributed by atoms with E-state index in [1.165, 1.54) is 51.7 Å². The van der Waals surface area contributed by atoms with Crippen LogP contribution in [-0.4, -0.2) is 54.7 Å². The van der Waals surface area contributed by atoms with Crippen molar-refractivity contribution in [2.45, 2.75) is 31.5 Å². The van der Waals surface area contributed by atoms with Crippen molar-refractivity contribution in [2.75, 3.05) is 32.8 Å². The first-order valence-corrected chi connectivity index (χ1v) is 9.35. The van der Waals surface area contributed by atoms with Crippen LogP contribution < -0.4 is 10.1 Å². The smallest absolute Gasteiger partial charge is 0.418 e. The minimum absolute atomic E-state index is 0.0882. The van der Waals surface area contributed by atoms with Gasteiger partial charge in [0.05, 0.1) is 38.2 Å². The molecule has 0 aliphatic carbocycles. The summed E-state index contributed by atoms with van der Waals surface area (Å²) in [5.74, 6) is -1.60. The Morgan fingerprint density at radius 2 is 1.90 bits per heavy atom. The number of nitrogens with zero attached hydrogens (tertiary/aromatic N) is 2. The van der Waals surface area contributed by atoms with Gasteiger partial charge in [-0.25, -0.2) is 9.97 Å². The molecule has 11 heteroatoms. The number of alkyl halides is 3. The van der Waals surface area contributed by atoms with Crippen LogP contribution >= 0.6 is 0 Å². The van der Waals surface area contributed by atoms with Crippen LogP contribution in [0.15, 0.2) is 30.6 Å². The maximum Gasteiger partial charge on any atom is 0.418 e. The van der Waals surface area contributed by atoms with Crippen molar-refractivity contribution in [3.05, 3.63) is 41.7 Å². The molecule has 0 bridgehead atoms. The van der Waals surface area contributed by atoms with Gasteiger partial charge < -0.3 is 24.6 Å². The van der Waals surface area contributed by atoms with Crippen LogP contribution in [0.2, 0.25) is 0 Å². The van der Waals surface area contributed by atoms with Gasteiger partial charge >= 0.3 is 18.2 Å². The zero-order chi connectivity index (χ0) is 23.0. The molecule has 2 aromatic rings. The van der Waals surface area contributed by atoms with Gasteiger partial charge in [0.15, 0.2) is 6.10 Å². The maximum absolute atomic E-state index is 13.7. The number of halogens is 3. The predicted octanol–water partition coefficient (Wildman–Crippen LogP) is 4.07. The van der Waals surface area contributed by atoms with Gasteiger partial charge in [-0.2, -0.15) is 13.2 Å². The van der Waals surface area contributed by atoms with Crippen molar-refractivity contribution in [1.82, 2.24) is 9.97 Å². The van der Waals surface area contributed by atoms with Crippen molar-refractivity contribution >= 4 is 17.3 Å². The molecule has 8 nitrogen and oxygen atoms in total. The summed E-state index contributed by atoms with van der Waals surface area (Å²) in [6, 6.07) is 4.29. The lowest BCUT2D eigenvalue weighted by molar-refractivity contribution is -0.222. The first-order chi connectivity index (χ1) is 14.7. The second kappa shape index (κ2) is 10.9. The first kappa shape index (κ1) is 24.4. The molecule has 0 saturated carbocycles. The van der Waals surface area contributed by atoms with Crippen LogP contribution in [0.5, 0.6) is 6.01 Å². The van der Waals surface area contributed by atoms with Gasteiger partial charge in [-0.15, -0.1) is 0 Å². The quantitative estimate of drug-likeness (QED) is 0.536. The maximum atomic E-state index is 13.7. The van der Waals surface area contributed by atoms with E-state index in [-0.39, 0.29) is 36.9 Å². The van der Waals surface area contributed by atoms with E-state index >= 15 is 0 Å².